The molecule has 0 amide bonds. The largest absolute Gasteiger partial charge is 0.490 e. The summed E-state index contributed by atoms with van der Waals surface area (Å²) >= 11 is 0. The third kappa shape index (κ3) is 3.67. The average molecular weight is 315 g/mol. The summed E-state index contributed by atoms with van der Waals surface area (Å²) in [6.45, 7) is 8.59. The Hall–Kier alpha value is -2.01. The van der Waals surface area contributed by atoms with Crippen molar-refractivity contribution in [3.63, 3.8) is 0 Å². The summed E-state index contributed by atoms with van der Waals surface area (Å²) in [5.74, 6) is 1.73. The van der Waals surface area contributed by atoms with Gasteiger partial charge in [0.05, 0.1) is 25.5 Å². The molecule has 1 aromatic heterocycles. The molecule has 0 spiro atoms. The van der Waals surface area contributed by atoms with Gasteiger partial charge in [0.15, 0.2) is 11.5 Å². The summed E-state index contributed by atoms with van der Waals surface area (Å²) in [4.78, 5) is 0. The molecule has 0 saturated carbocycles. The second-order valence-electron chi connectivity index (χ2n) is 6.20. The minimum absolute atomic E-state index is 0.281. The topological polar surface area (TPSA) is 48.3 Å². The average Bonchev–Trinajstić information content (AvgIpc) is 2.84. The summed E-state index contributed by atoms with van der Waals surface area (Å²) in [6, 6.07) is 6.66. The van der Waals surface area contributed by atoms with Crippen LogP contribution in [-0.4, -0.2) is 29.0 Å². The molecule has 2 atom stereocenters. The number of rotatable bonds is 5. The maximum atomic E-state index is 5.88. The number of benzene rings is 1. The van der Waals surface area contributed by atoms with Gasteiger partial charge in [-0.3, -0.25) is 4.68 Å². The molecule has 2 aromatic rings. The van der Waals surface area contributed by atoms with E-state index in [1.54, 1.807) is 0 Å². The van der Waals surface area contributed by atoms with Crippen molar-refractivity contribution in [3.05, 3.63) is 41.7 Å². The molecule has 1 aliphatic rings. The van der Waals surface area contributed by atoms with Crippen LogP contribution in [-0.2, 0) is 6.54 Å². The van der Waals surface area contributed by atoms with Crippen LogP contribution in [0.3, 0.4) is 0 Å². The van der Waals surface area contributed by atoms with E-state index < -0.39 is 0 Å². The summed E-state index contributed by atoms with van der Waals surface area (Å²) in [5, 5.41) is 7.99. The molecule has 3 rings (SSSR count). The molecule has 0 bridgehead atoms. The van der Waals surface area contributed by atoms with E-state index in [-0.39, 0.29) is 12.1 Å². The predicted molar refractivity (Wildman–Crippen MR) is 90.0 cm³/mol. The zero-order chi connectivity index (χ0) is 16.2. The highest BCUT2D eigenvalue weighted by Crippen LogP contribution is 2.33. The van der Waals surface area contributed by atoms with E-state index in [4.69, 9.17) is 9.47 Å². The van der Waals surface area contributed by atoms with Crippen molar-refractivity contribution < 1.29 is 9.47 Å². The van der Waals surface area contributed by atoms with Crippen molar-refractivity contribution >= 4 is 0 Å². The van der Waals surface area contributed by atoms with E-state index in [0.29, 0.717) is 6.61 Å². The fourth-order valence-corrected chi connectivity index (χ4v) is 2.72. The van der Waals surface area contributed by atoms with Gasteiger partial charge in [0.25, 0.3) is 0 Å². The molecule has 124 valence electrons. The Kier molecular flexibility index (Phi) is 4.86. The van der Waals surface area contributed by atoms with Crippen molar-refractivity contribution in [2.24, 2.45) is 0 Å². The van der Waals surface area contributed by atoms with Crippen molar-refractivity contribution in [2.75, 3.05) is 13.2 Å². The highest BCUT2D eigenvalue weighted by atomic mass is 16.5. The molecule has 1 N–H and O–H groups in total. The molecular formula is C18H25N3O2. The molecule has 23 heavy (non-hydrogen) atoms. The van der Waals surface area contributed by atoms with Crippen LogP contribution < -0.4 is 14.8 Å². The van der Waals surface area contributed by atoms with Crippen LogP contribution in [0.15, 0.2) is 30.6 Å². The monoisotopic (exact) mass is 315 g/mol. The van der Waals surface area contributed by atoms with Gasteiger partial charge in [-0.2, -0.15) is 5.10 Å². The maximum absolute atomic E-state index is 5.88. The number of fused-ring (bicyclic) bond motifs is 1. The second-order valence-corrected chi connectivity index (χ2v) is 6.20. The fraction of sp³-hybridized carbons (Fsp3) is 0.500. The minimum atomic E-state index is 0.281. The van der Waals surface area contributed by atoms with E-state index in [2.05, 4.69) is 43.4 Å². The Bertz CT molecular complexity index is 653. The quantitative estimate of drug-likeness (QED) is 0.921. The smallest absolute Gasteiger partial charge is 0.165 e. The summed E-state index contributed by atoms with van der Waals surface area (Å²) in [5.41, 5.74) is 2.32. The lowest BCUT2D eigenvalue weighted by atomic mass is 10.1. The van der Waals surface area contributed by atoms with Crippen LogP contribution >= 0.6 is 0 Å². The molecule has 5 heteroatoms. The maximum Gasteiger partial charge on any atom is 0.165 e. The Labute approximate surface area is 137 Å². The fourth-order valence-electron chi connectivity index (χ4n) is 2.72. The summed E-state index contributed by atoms with van der Waals surface area (Å²) < 4.78 is 13.6. The molecule has 2 heterocycles. The summed E-state index contributed by atoms with van der Waals surface area (Å²) in [7, 11) is 0. The molecule has 0 fully saturated rings. The van der Waals surface area contributed by atoms with E-state index in [0.717, 1.165) is 36.6 Å². The first-order chi connectivity index (χ1) is 11.1. The lowest BCUT2D eigenvalue weighted by molar-refractivity contribution is 0.295. The Morgan fingerprint density at radius 3 is 2.87 bits per heavy atom. The Morgan fingerprint density at radius 2 is 2.09 bits per heavy atom. The third-order valence-electron chi connectivity index (χ3n) is 4.34. The standard InChI is InChI=1S/C18H25N3O2/c1-13-10-20-21(12-13)15(3)14(2)19-11-16-6-4-7-17-18(16)23-9-5-8-22-17/h4,6-7,10,12,14-15,19H,5,8-9,11H2,1-3H3/t14-,15+/m1/s1. The van der Waals surface area contributed by atoms with Gasteiger partial charge >= 0.3 is 0 Å². The van der Waals surface area contributed by atoms with Crippen molar-refractivity contribution in [1.29, 1.82) is 0 Å². The molecule has 0 radical (unpaired) electrons. The zero-order valence-electron chi connectivity index (χ0n) is 14.1. The van der Waals surface area contributed by atoms with Gasteiger partial charge in [0, 0.05) is 30.8 Å². The van der Waals surface area contributed by atoms with Crippen LogP contribution in [0, 0.1) is 6.92 Å². The highest BCUT2D eigenvalue weighted by Gasteiger charge is 2.17. The minimum Gasteiger partial charge on any atom is -0.490 e. The van der Waals surface area contributed by atoms with Gasteiger partial charge in [-0.25, -0.2) is 0 Å². The molecule has 0 saturated heterocycles. The van der Waals surface area contributed by atoms with Crippen LogP contribution in [0.2, 0.25) is 0 Å². The van der Waals surface area contributed by atoms with Crippen LogP contribution in [0.25, 0.3) is 0 Å². The van der Waals surface area contributed by atoms with Gasteiger partial charge in [-0.15, -0.1) is 0 Å². The SMILES string of the molecule is Cc1cnn([C@@H](C)[C@@H](C)NCc2cccc3c2OCCCO3)c1. The van der Waals surface area contributed by atoms with E-state index >= 15 is 0 Å². The van der Waals surface area contributed by atoms with Gasteiger partial charge in [0.2, 0.25) is 0 Å². The lowest BCUT2D eigenvalue weighted by Crippen LogP contribution is -2.33. The van der Waals surface area contributed by atoms with Crippen LogP contribution in [0.1, 0.15) is 37.4 Å². The molecule has 1 aliphatic heterocycles. The van der Waals surface area contributed by atoms with Gasteiger partial charge in [0.1, 0.15) is 0 Å². The first kappa shape index (κ1) is 15.9. The van der Waals surface area contributed by atoms with Gasteiger partial charge in [-0.05, 0) is 32.4 Å². The molecule has 0 aliphatic carbocycles. The van der Waals surface area contributed by atoms with Crippen LogP contribution in [0.4, 0.5) is 0 Å². The summed E-state index contributed by atoms with van der Waals surface area (Å²) in [6.07, 6.45) is 4.90. The number of hydrogen-bond donors (Lipinski definition) is 1. The Balaban J connectivity index is 1.66. The van der Waals surface area contributed by atoms with Crippen molar-refractivity contribution in [3.8, 4) is 11.5 Å². The van der Waals surface area contributed by atoms with E-state index in [1.165, 1.54) is 5.56 Å². The number of hydrogen-bond acceptors (Lipinski definition) is 4. The van der Waals surface area contributed by atoms with Crippen LogP contribution in [0.5, 0.6) is 11.5 Å². The second kappa shape index (κ2) is 7.04. The molecular weight excluding hydrogens is 290 g/mol. The van der Waals surface area contributed by atoms with Gasteiger partial charge < -0.3 is 14.8 Å². The first-order valence-corrected chi connectivity index (χ1v) is 8.27. The normalized spacial score (nSPS) is 16.7. The first-order valence-electron chi connectivity index (χ1n) is 8.27. The third-order valence-corrected chi connectivity index (χ3v) is 4.34. The highest BCUT2D eigenvalue weighted by molar-refractivity contribution is 5.47. The molecule has 0 unspecified atom stereocenters. The number of aryl methyl sites for hydroxylation is 1. The lowest BCUT2D eigenvalue weighted by Gasteiger charge is -2.22. The van der Waals surface area contributed by atoms with E-state index in [9.17, 15) is 0 Å². The zero-order valence-corrected chi connectivity index (χ0v) is 14.1. The number of aromatic nitrogens is 2. The number of nitrogens with zero attached hydrogens (tertiary/aromatic N) is 2. The van der Waals surface area contributed by atoms with Crippen molar-refractivity contribution in [1.82, 2.24) is 15.1 Å². The predicted octanol–water partition coefficient (Wildman–Crippen LogP) is 3.09. The number of nitrogens with one attached hydrogen (secondary N) is 1. The number of para-hydroxylation sites is 1. The van der Waals surface area contributed by atoms with Crippen molar-refractivity contribution in [2.45, 2.75) is 45.8 Å². The van der Waals surface area contributed by atoms with Gasteiger partial charge in [-0.1, -0.05) is 12.1 Å². The molecule has 5 nitrogen and oxygen atoms in total. The number of ether oxygens (including phenoxy) is 2. The van der Waals surface area contributed by atoms with E-state index in [1.807, 2.05) is 23.0 Å². The molecule has 1 aromatic carbocycles. The Morgan fingerprint density at radius 1 is 1.26 bits per heavy atom.